The van der Waals surface area contributed by atoms with E-state index in [0.29, 0.717) is 16.0 Å². The van der Waals surface area contributed by atoms with Gasteiger partial charge in [-0.3, -0.25) is 45.3 Å². The topological polar surface area (TPSA) is 190 Å². The van der Waals surface area contributed by atoms with Gasteiger partial charge in [-0.1, -0.05) is 77.9 Å². The molecule has 0 saturated heterocycles. The highest BCUT2D eigenvalue weighted by Gasteiger charge is 2.27. The maximum atomic E-state index is 12.1. The van der Waals surface area contributed by atoms with E-state index < -0.39 is 53.6 Å². The Balaban J connectivity index is 1.57. The molecule has 0 N–H and O–H groups in total. The molecule has 5 aromatic rings. The zero-order chi connectivity index (χ0) is 35.9. The Morgan fingerprint density at radius 2 is 0.920 bits per heavy atom. The molecule has 0 aromatic heterocycles. The van der Waals surface area contributed by atoms with Crippen LogP contribution >= 0.6 is 11.8 Å². The number of carbonyl (C=O) groups excluding carboxylic acids is 1. The van der Waals surface area contributed by atoms with E-state index in [9.17, 15) is 45.3 Å². The summed E-state index contributed by atoms with van der Waals surface area (Å²) in [4.78, 5) is 57.2. The van der Waals surface area contributed by atoms with Crippen molar-refractivity contribution in [3.8, 4) is 45.9 Å². The van der Waals surface area contributed by atoms with Gasteiger partial charge in [-0.25, -0.2) is 0 Å². The van der Waals surface area contributed by atoms with Crippen LogP contribution in [0.25, 0.3) is 22.3 Å². The molecule has 0 radical (unpaired) electrons. The lowest BCUT2D eigenvalue weighted by atomic mass is 9.98. The van der Waals surface area contributed by atoms with Gasteiger partial charge in [-0.2, -0.15) is 0 Å². The molecule has 0 unspecified atom stereocenters. The first-order valence-corrected chi connectivity index (χ1v) is 15.1. The number of nitrogens with zero attached hydrogens (tertiary/aromatic N) is 4. The molecule has 0 bridgehead atoms. The van der Waals surface area contributed by atoms with Crippen LogP contribution in [-0.4, -0.2) is 24.8 Å². The van der Waals surface area contributed by atoms with Crippen molar-refractivity contribution >= 4 is 39.6 Å². The number of nitro groups is 4. The third kappa shape index (κ3) is 7.86. The van der Waals surface area contributed by atoms with Gasteiger partial charge in [-0.05, 0) is 47.5 Å². The number of nitro benzene ring substituents is 4. The average molecular weight is 685 g/mol. The molecule has 5 aromatic carbocycles. The van der Waals surface area contributed by atoms with Crippen molar-refractivity contribution in [1.82, 2.24) is 0 Å². The van der Waals surface area contributed by atoms with Crippen molar-refractivity contribution in [3.05, 3.63) is 166 Å². The van der Waals surface area contributed by atoms with E-state index in [1.807, 2.05) is 30.3 Å². The average Bonchev–Trinajstić information content (AvgIpc) is 3.09. The lowest BCUT2D eigenvalue weighted by Gasteiger charge is -2.07. The summed E-state index contributed by atoms with van der Waals surface area (Å²) in [5.41, 5.74) is -1.45. The lowest BCUT2D eigenvalue weighted by molar-refractivity contribution is -0.388. The highest BCUT2D eigenvalue weighted by molar-refractivity contribution is 8.13. The van der Waals surface area contributed by atoms with E-state index in [1.165, 1.54) is 43.3 Å². The van der Waals surface area contributed by atoms with Crippen LogP contribution in [-0.2, 0) is 4.79 Å². The highest BCUT2D eigenvalue weighted by Crippen LogP contribution is 2.38. The van der Waals surface area contributed by atoms with Gasteiger partial charge in [0.25, 0.3) is 22.7 Å². The van der Waals surface area contributed by atoms with Gasteiger partial charge in [0.2, 0.25) is 0 Å². The minimum absolute atomic E-state index is 0.0755. The summed E-state index contributed by atoms with van der Waals surface area (Å²) >= 11 is 0.940. The Morgan fingerprint density at radius 3 is 1.32 bits per heavy atom. The standard InChI is InChI=1S/C36H20N4O9S/c1-23(41)50-30-17-15-27(16-18-30)32-22-34(38(44)45)29(20-36(32)40(48)49)14-13-28-19-35(39(46)47)31(21-33(28)37(42)43)26-11-9-25(10-12-26)8-7-24-5-3-2-4-6-24/h2-6,9-12,15-22H,1H3. The Kier molecular flexibility index (Phi) is 10.1. The fraction of sp³-hybridized carbons (Fsp3) is 0.0278. The van der Waals surface area contributed by atoms with E-state index in [2.05, 4.69) is 23.7 Å². The highest BCUT2D eigenvalue weighted by atomic mass is 32.2. The third-order valence-electron chi connectivity index (χ3n) is 7.09. The van der Waals surface area contributed by atoms with E-state index >= 15 is 0 Å². The zero-order valence-electron chi connectivity index (χ0n) is 25.7. The summed E-state index contributed by atoms with van der Waals surface area (Å²) in [5, 5.41) is 48.1. The number of carbonyl (C=O) groups is 1. The molecule has 0 aliphatic heterocycles. The first-order chi connectivity index (χ1) is 23.9. The van der Waals surface area contributed by atoms with Crippen molar-refractivity contribution in [1.29, 1.82) is 0 Å². The Hall–Kier alpha value is -7.16. The fourth-order valence-electron chi connectivity index (χ4n) is 4.82. The second-order valence-electron chi connectivity index (χ2n) is 10.4. The summed E-state index contributed by atoms with van der Waals surface area (Å²) in [5.74, 6) is 10.8. The molecule has 0 aliphatic rings. The Morgan fingerprint density at radius 1 is 0.520 bits per heavy atom. The van der Waals surface area contributed by atoms with Gasteiger partial charge in [0.15, 0.2) is 5.12 Å². The van der Waals surface area contributed by atoms with Crippen LogP contribution in [0.15, 0.2) is 108 Å². The second kappa shape index (κ2) is 14.7. The van der Waals surface area contributed by atoms with Gasteiger partial charge in [0.05, 0.1) is 30.8 Å². The van der Waals surface area contributed by atoms with Crippen LogP contribution in [0.4, 0.5) is 22.7 Å². The number of hydrogen-bond acceptors (Lipinski definition) is 10. The normalized spacial score (nSPS) is 10.2. The smallest absolute Gasteiger partial charge is 0.286 e. The summed E-state index contributed by atoms with van der Waals surface area (Å²) in [7, 11) is 0. The van der Waals surface area contributed by atoms with Crippen molar-refractivity contribution in [2.75, 3.05) is 0 Å². The van der Waals surface area contributed by atoms with Crippen molar-refractivity contribution in [2.24, 2.45) is 0 Å². The molecule has 50 heavy (non-hydrogen) atoms. The van der Waals surface area contributed by atoms with Gasteiger partial charge in [-0.15, -0.1) is 0 Å². The molecule has 14 heteroatoms. The first-order valence-electron chi connectivity index (χ1n) is 14.3. The van der Waals surface area contributed by atoms with Crippen molar-refractivity contribution in [2.45, 2.75) is 11.8 Å². The number of benzene rings is 5. The molecule has 0 amide bonds. The quantitative estimate of drug-likeness (QED) is 0.0701. The molecule has 0 spiro atoms. The third-order valence-corrected chi connectivity index (χ3v) is 7.89. The Labute approximate surface area is 287 Å². The molecule has 0 aliphatic carbocycles. The minimum Gasteiger partial charge on any atom is -0.287 e. The SMILES string of the molecule is CC(=O)Sc1ccc(-c2cc([N+](=O)[O-])c(C#Cc3cc([N+](=O)[O-])c(-c4ccc(C#Cc5ccccc5)cc4)cc3[N+](=O)[O-])cc2[N+](=O)[O-])cc1. The van der Waals surface area contributed by atoms with Gasteiger partial charge >= 0.3 is 0 Å². The van der Waals surface area contributed by atoms with Crippen LogP contribution in [0.1, 0.15) is 29.2 Å². The molecule has 13 nitrogen and oxygen atoms in total. The molecule has 5 rings (SSSR count). The maximum Gasteiger partial charge on any atom is 0.286 e. The summed E-state index contributed by atoms with van der Waals surface area (Å²) in [6, 6.07) is 25.2. The maximum absolute atomic E-state index is 12.1. The Bertz CT molecular complexity index is 2340. The molecule has 0 heterocycles. The summed E-state index contributed by atoms with van der Waals surface area (Å²) < 4.78 is 0. The van der Waals surface area contributed by atoms with Crippen LogP contribution in [0.3, 0.4) is 0 Å². The van der Waals surface area contributed by atoms with Gasteiger partial charge in [0, 0.05) is 47.2 Å². The molecule has 0 atom stereocenters. The monoisotopic (exact) mass is 684 g/mol. The lowest BCUT2D eigenvalue weighted by Crippen LogP contribution is -2.00. The van der Waals surface area contributed by atoms with E-state index in [-0.39, 0.29) is 21.8 Å². The van der Waals surface area contributed by atoms with Gasteiger partial charge in [0.1, 0.15) is 11.1 Å². The van der Waals surface area contributed by atoms with Crippen LogP contribution < -0.4 is 0 Å². The second-order valence-corrected chi connectivity index (χ2v) is 11.6. The molecule has 0 saturated carbocycles. The number of rotatable bonds is 7. The molecular formula is C36H20N4O9S. The largest absolute Gasteiger partial charge is 0.287 e. The van der Waals surface area contributed by atoms with Crippen LogP contribution in [0.2, 0.25) is 0 Å². The molecule has 0 fully saturated rings. The molecular weight excluding hydrogens is 664 g/mol. The zero-order valence-corrected chi connectivity index (χ0v) is 26.5. The summed E-state index contributed by atoms with van der Waals surface area (Å²) in [6.07, 6.45) is 0. The van der Waals surface area contributed by atoms with E-state index in [0.717, 1.165) is 41.6 Å². The van der Waals surface area contributed by atoms with Crippen LogP contribution in [0.5, 0.6) is 0 Å². The van der Waals surface area contributed by atoms with E-state index in [1.54, 1.807) is 12.1 Å². The fourth-order valence-corrected chi connectivity index (χ4v) is 5.43. The van der Waals surface area contributed by atoms with Crippen molar-refractivity contribution < 1.29 is 24.5 Å². The predicted octanol–water partition coefficient (Wildman–Crippen LogP) is 8.09. The first kappa shape index (κ1) is 34.2. The van der Waals surface area contributed by atoms with Crippen molar-refractivity contribution in [3.63, 3.8) is 0 Å². The summed E-state index contributed by atoms with van der Waals surface area (Å²) in [6.45, 7) is 1.37. The molecule has 244 valence electrons. The minimum atomic E-state index is -0.814. The number of thioether (sulfide) groups is 1. The van der Waals surface area contributed by atoms with E-state index in [4.69, 9.17) is 0 Å². The van der Waals surface area contributed by atoms with Crippen LogP contribution in [0, 0.1) is 64.1 Å². The number of hydrogen-bond donors (Lipinski definition) is 0. The predicted molar refractivity (Wildman–Crippen MR) is 185 cm³/mol. The van der Waals surface area contributed by atoms with Gasteiger partial charge < -0.3 is 0 Å².